The van der Waals surface area contributed by atoms with Crippen LogP contribution in [0.2, 0.25) is 0 Å². The molecule has 7 heteroatoms. The summed E-state index contributed by atoms with van der Waals surface area (Å²) in [4.78, 5) is 16.9. The van der Waals surface area contributed by atoms with Gasteiger partial charge in [0.25, 0.3) is 5.91 Å². The summed E-state index contributed by atoms with van der Waals surface area (Å²) in [6.45, 7) is 2.29. The molecular weight excluding hydrogens is 336 g/mol. The van der Waals surface area contributed by atoms with Crippen LogP contribution in [0, 0.1) is 0 Å². The maximum Gasteiger partial charge on any atom is 0.265 e. The summed E-state index contributed by atoms with van der Waals surface area (Å²) in [5.41, 5.74) is 1.33. The number of rotatable bonds is 9. The number of anilines is 1. The number of nitrogens with one attached hydrogen (secondary N) is 1. The van der Waals surface area contributed by atoms with Gasteiger partial charge in [0, 0.05) is 11.3 Å². The zero-order valence-electron chi connectivity index (χ0n) is 15.0. The second-order valence-corrected chi connectivity index (χ2v) is 5.10. The molecule has 0 aliphatic rings. The molecule has 0 heterocycles. The molecule has 0 bridgehead atoms. The van der Waals surface area contributed by atoms with Gasteiger partial charge >= 0.3 is 0 Å². The number of oxime groups is 1. The number of hydrogen-bond donors (Lipinski definition) is 1. The number of methoxy groups -OCH3 is 2. The van der Waals surface area contributed by atoms with Gasteiger partial charge < -0.3 is 24.4 Å². The normalized spacial score (nSPS) is 10.4. The van der Waals surface area contributed by atoms with Gasteiger partial charge in [-0.05, 0) is 43.3 Å². The molecule has 7 nitrogen and oxygen atoms in total. The van der Waals surface area contributed by atoms with E-state index in [-0.39, 0.29) is 12.5 Å². The molecule has 0 spiro atoms. The number of amides is 1. The summed E-state index contributed by atoms with van der Waals surface area (Å²) in [5.74, 6) is 1.56. The van der Waals surface area contributed by atoms with Crippen molar-refractivity contribution in [1.29, 1.82) is 0 Å². The van der Waals surface area contributed by atoms with Crippen molar-refractivity contribution < 1.29 is 23.8 Å². The van der Waals surface area contributed by atoms with Gasteiger partial charge in [-0.3, -0.25) is 4.79 Å². The van der Waals surface area contributed by atoms with Crippen LogP contribution in [-0.4, -0.2) is 39.6 Å². The molecule has 1 amide bonds. The Kier molecular flexibility index (Phi) is 7.30. The Morgan fingerprint density at radius 2 is 1.88 bits per heavy atom. The van der Waals surface area contributed by atoms with Gasteiger partial charge in [0.15, 0.2) is 18.1 Å². The minimum atomic E-state index is -0.316. The molecule has 0 aromatic heterocycles. The van der Waals surface area contributed by atoms with Crippen LogP contribution in [0.4, 0.5) is 5.69 Å². The molecule has 0 aliphatic carbocycles. The van der Waals surface area contributed by atoms with Gasteiger partial charge in [-0.2, -0.15) is 0 Å². The highest BCUT2D eigenvalue weighted by Crippen LogP contribution is 2.29. The Bertz CT molecular complexity index is 744. The Morgan fingerprint density at radius 3 is 2.54 bits per heavy atom. The number of carbonyl (C=O) groups is 1. The van der Waals surface area contributed by atoms with Crippen molar-refractivity contribution in [3.8, 4) is 17.2 Å². The van der Waals surface area contributed by atoms with E-state index in [4.69, 9.17) is 19.0 Å². The minimum absolute atomic E-state index is 0.212. The van der Waals surface area contributed by atoms with E-state index in [2.05, 4.69) is 10.5 Å². The zero-order chi connectivity index (χ0) is 18.8. The molecule has 0 atom stereocenters. The second-order valence-electron chi connectivity index (χ2n) is 5.10. The van der Waals surface area contributed by atoms with Crippen LogP contribution in [0.15, 0.2) is 47.6 Å². The molecule has 26 heavy (non-hydrogen) atoms. The second kappa shape index (κ2) is 9.93. The number of para-hydroxylation sites is 1. The number of hydrogen-bond acceptors (Lipinski definition) is 6. The van der Waals surface area contributed by atoms with Crippen molar-refractivity contribution in [1.82, 2.24) is 0 Å². The summed E-state index contributed by atoms with van der Waals surface area (Å²) >= 11 is 0. The average Bonchev–Trinajstić information content (AvgIpc) is 2.66. The van der Waals surface area contributed by atoms with Crippen LogP contribution >= 0.6 is 0 Å². The SMILES string of the molecule is CCOc1ccc(NC(=O)CO/N=C\c2cccc(OC)c2OC)cc1. The van der Waals surface area contributed by atoms with Gasteiger partial charge in [-0.25, -0.2) is 0 Å². The van der Waals surface area contributed by atoms with Crippen LogP contribution < -0.4 is 19.5 Å². The maximum absolute atomic E-state index is 11.9. The lowest BCUT2D eigenvalue weighted by molar-refractivity contribution is -0.120. The highest BCUT2D eigenvalue weighted by molar-refractivity contribution is 5.91. The molecular formula is C19H22N2O5. The average molecular weight is 358 g/mol. The molecule has 0 saturated heterocycles. The van der Waals surface area contributed by atoms with E-state index in [1.807, 2.05) is 6.92 Å². The third-order valence-corrected chi connectivity index (χ3v) is 3.34. The molecule has 0 saturated carbocycles. The van der Waals surface area contributed by atoms with Crippen molar-refractivity contribution in [3.63, 3.8) is 0 Å². The smallest absolute Gasteiger partial charge is 0.265 e. The molecule has 0 radical (unpaired) electrons. The fraction of sp³-hybridized carbons (Fsp3) is 0.263. The molecule has 2 aromatic carbocycles. The Morgan fingerprint density at radius 1 is 1.12 bits per heavy atom. The first kappa shape index (κ1) is 19.1. The van der Waals surface area contributed by atoms with Crippen molar-refractivity contribution in [2.24, 2.45) is 5.16 Å². The fourth-order valence-corrected chi connectivity index (χ4v) is 2.20. The van der Waals surface area contributed by atoms with E-state index in [1.54, 1.807) is 56.7 Å². The maximum atomic E-state index is 11.9. The lowest BCUT2D eigenvalue weighted by Crippen LogP contribution is -2.16. The highest BCUT2D eigenvalue weighted by atomic mass is 16.6. The number of benzene rings is 2. The highest BCUT2D eigenvalue weighted by Gasteiger charge is 2.08. The standard InChI is InChI=1S/C19H22N2O5/c1-4-25-16-10-8-15(9-11-16)21-18(22)13-26-20-12-14-6-5-7-17(23-2)19(14)24-3/h5-12H,4,13H2,1-3H3,(H,21,22)/b20-12-. The lowest BCUT2D eigenvalue weighted by atomic mass is 10.2. The predicted octanol–water partition coefficient (Wildman–Crippen LogP) is 3.09. The van der Waals surface area contributed by atoms with Crippen LogP contribution in [-0.2, 0) is 9.63 Å². The Labute approximate surface area is 152 Å². The van der Waals surface area contributed by atoms with E-state index in [0.29, 0.717) is 29.4 Å². The summed E-state index contributed by atoms with van der Waals surface area (Å²) in [5, 5.41) is 6.52. The topological polar surface area (TPSA) is 78.4 Å². The van der Waals surface area contributed by atoms with Gasteiger partial charge in [0.1, 0.15) is 5.75 Å². The first-order valence-electron chi connectivity index (χ1n) is 8.07. The van der Waals surface area contributed by atoms with Crippen molar-refractivity contribution in [3.05, 3.63) is 48.0 Å². The number of carbonyl (C=O) groups excluding carboxylic acids is 1. The summed E-state index contributed by atoms with van der Waals surface area (Å²) in [6, 6.07) is 12.5. The quantitative estimate of drug-likeness (QED) is 0.550. The van der Waals surface area contributed by atoms with Crippen LogP contribution in [0.25, 0.3) is 0 Å². The van der Waals surface area contributed by atoms with Crippen LogP contribution in [0.3, 0.4) is 0 Å². The Hall–Kier alpha value is -3.22. The van der Waals surface area contributed by atoms with E-state index in [9.17, 15) is 4.79 Å². The van der Waals surface area contributed by atoms with Gasteiger partial charge in [0.2, 0.25) is 0 Å². The van der Waals surface area contributed by atoms with Crippen LogP contribution in [0.5, 0.6) is 17.2 Å². The van der Waals surface area contributed by atoms with Gasteiger partial charge in [-0.15, -0.1) is 0 Å². The molecule has 1 N–H and O–H groups in total. The number of nitrogens with zero attached hydrogens (tertiary/aromatic N) is 1. The van der Waals surface area contributed by atoms with E-state index in [0.717, 1.165) is 5.75 Å². The fourth-order valence-electron chi connectivity index (χ4n) is 2.20. The third kappa shape index (κ3) is 5.41. The van der Waals surface area contributed by atoms with Crippen molar-refractivity contribution in [2.45, 2.75) is 6.92 Å². The largest absolute Gasteiger partial charge is 0.494 e. The number of ether oxygens (including phenoxy) is 3. The Balaban J connectivity index is 1.85. The molecule has 2 aromatic rings. The summed E-state index contributed by atoms with van der Waals surface area (Å²) in [6.07, 6.45) is 1.46. The zero-order valence-corrected chi connectivity index (χ0v) is 15.0. The summed E-state index contributed by atoms with van der Waals surface area (Å²) in [7, 11) is 3.10. The van der Waals surface area contributed by atoms with Crippen molar-refractivity contribution >= 4 is 17.8 Å². The molecule has 0 aliphatic heterocycles. The molecule has 138 valence electrons. The van der Waals surface area contributed by atoms with E-state index >= 15 is 0 Å². The molecule has 0 fully saturated rings. The van der Waals surface area contributed by atoms with Crippen molar-refractivity contribution in [2.75, 3.05) is 32.8 Å². The lowest BCUT2D eigenvalue weighted by Gasteiger charge is -2.09. The third-order valence-electron chi connectivity index (χ3n) is 3.34. The first-order chi connectivity index (χ1) is 12.7. The summed E-state index contributed by atoms with van der Waals surface area (Å²) < 4.78 is 15.8. The molecule has 0 unspecified atom stereocenters. The van der Waals surface area contributed by atoms with E-state index < -0.39 is 0 Å². The van der Waals surface area contributed by atoms with Crippen LogP contribution in [0.1, 0.15) is 12.5 Å². The predicted molar refractivity (Wildman–Crippen MR) is 99.3 cm³/mol. The minimum Gasteiger partial charge on any atom is -0.494 e. The van der Waals surface area contributed by atoms with E-state index in [1.165, 1.54) is 6.21 Å². The first-order valence-corrected chi connectivity index (χ1v) is 8.07. The molecule has 2 rings (SSSR count). The van der Waals surface area contributed by atoms with Gasteiger partial charge in [0.05, 0.1) is 27.0 Å². The van der Waals surface area contributed by atoms with Gasteiger partial charge in [-0.1, -0.05) is 11.2 Å². The monoisotopic (exact) mass is 358 g/mol.